The van der Waals surface area contributed by atoms with Crippen LogP contribution in [-0.4, -0.2) is 51.0 Å². The van der Waals surface area contributed by atoms with Gasteiger partial charge in [0.05, 0.1) is 22.9 Å². The largest absolute Gasteiger partial charge is 0.355 e. The van der Waals surface area contributed by atoms with Crippen LogP contribution in [0.5, 0.6) is 0 Å². The number of nitrogens with zero attached hydrogens (tertiary/aromatic N) is 7. The van der Waals surface area contributed by atoms with E-state index in [0.29, 0.717) is 24.7 Å². The number of fused-ring (bicyclic) bond motifs is 2. The van der Waals surface area contributed by atoms with Gasteiger partial charge in [-0.05, 0) is 24.3 Å². The summed E-state index contributed by atoms with van der Waals surface area (Å²) in [5.41, 5.74) is 2.63. The maximum atomic E-state index is 13.2. The molecule has 1 aliphatic rings. The first-order valence-electron chi connectivity index (χ1n) is 8.98. The van der Waals surface area contributed by atoms with E-state index in [1.54, 1.807) is 4.90 Å². The zero-order valence-corrected chi connectivity index (χ0v) is 15.2. The summed E-state index contributed by atoms with van der Waals surface area (Å²) in [6, 6.07) is 17.1. The average molecular weight is 371 g/mol. The molecule has 0 aliphatic carbocycles. The highest BCUT2D eigenvalue weighted by atomic mass is 16.2. The predicted molar refractivity (Wildman–Crippen MR) is 106 cm³/mol. The number of likely N-dealkylation sites (N-methyl/N-ethyl adjacent to an activating group) is 1. The topological polar surface area (TPSA) is 80.0 Å². The van der Waals surface area contributed by atoms with Crippen LogP contribution >= 0.6 is 0 Å². The van der Waals surface area contributed by atoms with Crippen LogP contribution in [0.4, 0.5) is 11.6 Å². The Balaban J connectivity index is 1.54. The molecule has 3 heterocycles. The van der Waals surface area contributed by atoms with Crippen molar-refractivity contribution < 1.29 is 4.79 Å². The van der Waals surface area contributed by atoms with Crippen molar-refractivity contribution in [3.63, 3.8) is 0 Å². The minimum Gasteiger partial charge on any atom is -0.355 e. The number of rotatable bonds is 2. The first-order valence-corrected chi connectivity index (χ1v) is 8.98. The van der Waals surface area contributed by atoms with Crippen LogP contribution in [-0.2, 0) is 0 Å². The van der Waals surface area contributed by atoms with Crippen LogP contribution in [0.3, 0.4) is 0 Å². The van der Waals surface area contributed by atoms with E-state index < -0.39 is 0 Å². The van der Waals surface area contributed by atoms with Gasteiger partial charge in [0.15, 0.2) is 17.3 Å². The molecule has 0 N–H and O–H groups in total. The Morgan fingerprint density at radius 1 is 0.893 bits per heavy atom. The number of carbonyl (C=O) groups is 1. The van der Waals surface area contributed by atoms with E-state index >= 15 is 0 Å². The quantitative estimate of drug-likeness (QED) is 0.538. The second-order valence-corrected chi connectivity index (χ2v) is 6.59. The molecule has 4 aromatic rings. The normalized spacial score (nSPS) is 13.6. The second-order valence-electron chi connectivity index (χ2n) is 6.59. The van der Waals surface area contributed by atoms with Gasteiger partial charge in [0, 0.05) is 20.1 Å². The van der Waals surface area contributed by atoms with Gasteiger partial charge in [-0.2, -0.15) is 9.90 Å². The van der Waals surface area contributed by atoms with E-state index in [2.05, 4.69) is 10.2 Å². The van der Waals surface area contributed by atoms with Crippen molar-refractivity contribution in [2.45, 2.75) is 0 Å². The maximum absolute atomic E-state index is 13.2. The number of benzene rings is 2. The molecule has 0 atom stereocenters. The molecule has 0 unspecified atom stereocenters. The van der Waals surface area contributed by atoms with Crippen molar-refractivity contribution in [1.29, 1.82) is 0 Å². The first-order chi connectivity index (χ1) is 13.7. The average Bonchev–Trinajstić information content (AvgIpc) is 3.23. The van der Waals surface area contributed by atoms with Crippen LogP contribution in [0, 0.1) is 0 Å². The summed E-state index contributed by atoms with van der Waals surface area (Å²) in [4.78, 5) is 27.7. The van der Waals surface area contributed by atoms with Crippen molar-refractivity contribution in [2.75, 3.05) is 29.9 Å². The lowest BCUT2D eigenvalue weighted by Crippen LogP contribution is -2.44. The Kier molecular flexibility index (Phi) is 3.75. The fourth-order valence-corrected chi connectivity index (χ4v) is 3.26. The molecule has 1 amide bonds. The molecule has 0 bridgehead atoms. The second kappa shape index (κ2) is 6.41. The van der Waals surface area contributed by atoms with E-state index in [0.717, 1.165) is 16.7 Å². The Morgan fingerprint density at radius 3 is 2.32 bits per heavy atom. The van der Waals surface area contributed by atoms with Gasteiger partial charge in [-0.25, -0.2) is 9.97 Å². The molecule has 2 aromatic heterocycles. The number of hydrogen-bond acceptors (Lipinski definition) is 6. The van der Waals surface area contributed by atoms with E-state index in [1.165, 1.54) is 11.0 Å². The SMILES string of the molecule is CN1CCN(C(=O)c2cnn(-c3ccccc3)n2)c2nc3ccccc3nc21. The zero-order valence-electron chi connectivity index (χ0n) is 15.2. The van der Waals surface area contributed by atoms with Crippen molar-refractivity contribution in [2.24, 2.45) is 0 Å². The van der Waals surface area contributed by atoms with Gasteiger partial charge in [0.1, 0.15) is 0 Å². The lowest BCUT2D eigenvalue weighted by Gasteiger charge is -2.33. The molecule has 5 rings (SSSR count). The molecule has 0 saturated carbocycles. The third-order valence-corrected chi connectivity index (χ3v) is 4.75. The summed E-state index contributed by atoms with van der Waals surface area (Å²) < 4.78 is 0. The van der Waals surface area contributed by atoms with E-state index in [9.17, 15) is 4.79 Å². The van der Waals surface area contributed by atoms with Gasteiger partial charge >= 0.3 is 0 Å². The van der Waals surface area contributed by atoms with Gasteiger partial charge in [0.2, 0.25) is 0 Å². The molecular formula is C20H17N7O. The van der Waals surface area contributed by atoms with Gasteiger partial charge < -0.3 is 4.90 Å². The van der Waals surface area contributed by atoms with E-state index in [-0.39, 0.29) is 11.6 Å². The number of hydrogen-bond donors (Lipinski definition) is 0. The Morgan fingerprint density at radius 2 is 1.57 bits per heavy atom. The fourth-order valence-electron chi connectivity index (χ4n) is 3.26. The summed E-state index contributed by atoms with van der Waals surface area (Å²) in [5.74, 6) is 1.00. The van der Waals surface area contributed by atoms with Gasteiger partial charge in [-0.3, -0.25) is 9.69 Å². The van der Waals surface area contributed by atoms with Gasteiger partial charge in [-0.15, -0.1) is 5.10 Å². The number of amides is 1. The Labute approximate surface area is 161 Å². The molecule has 0 spiro atoms. The predicted octanol–water partition coefficient (Wildman–Crippen LogP) is 2.31. The van der Waals surface area contributed by atoms with Crippen LogP contribution < -0.4 is 9.80 Å². The van der Waals surface area contributed by atoms with Crippen molar-refractivity contribution >= 4 is 28.6 Å². The number of carbonyl (C=O) groups excluding carboxylic acids is 1. The minimum absolute atomic E-state index is 0.235. The molecule has 138 valence electrons. The number of aromatic nitrogens is 5. The minimum atomic E-state index is -0.235. The first kappa shape index (κ1) is 16.4. The smallest absolute Gasteiger partial charge is 0.281 e. The van der Waals surface area contributed by atoms with Gasteiger partial charge in [0.25, 0.3) is 5.91 Å². The summed E-state index contributed by atoms with van der Waals surface area (Å²) in [5, 5.41) is 8.60. The Hall–Kier alpha value is -3.81. The summed E-state index contributed by atoms with van der Waals surface area (Å²) in [6.45, 7) is 1.17. The van der Waals surface area contributed by atoms with Gasteiger partial charge in [-0.1, -0.05) is 30.3 Å². The fraction of sp³-hybridized carbons (Fsp3) is 0.150. The summed E-state index contributed by atoms with van der Waals surface area (Å²) in [7, 11) is 1.95. The summed E-state index contributed by atoms with van der Waals surface area (Å²) >= 11 is 0. The highest BCUT2D eigenvalue weighted by Gasteiger charge is 2.30. The van der Waals surface area contributed by atoms with E-state index in [1.807, 2.05) is 66.5 Å². The van der Waals surface area contributed by atoms with Crippen LogP contribution in [0.2, 0.25) is 0 Å². The highest BCUT2D eigenvalue weighted by Crippen LogP contribution is 2.31. The van der Waals surface area contributed by atoms with Crippen molar-refractivity contribution in [1.82, 2.24) is 25.0 Å². The maximum Gasteiger partial charge on any atom is 0.281 e. The lowest BCUT2D eigenvalue weighted by molar-refractivity contribution is 0.0980. The lowest BCUT2D eigenvalue weighted by atomic mass is 10.2. The third-order valence-electron chi connectivity index (χ3n) is 4.75. The molecule has 0 radical (unpaired) electrons. The highest BCUT2D eigenvalue weighted by molar-refractivity contribution is 6.06. The zero-order chi connectivity index (χ0) is 19.1. The van der Waals surface area contributed by atoms with Crippen LogP contribution in [0.1, 0.15) is 10.5 Å². The molecular weight excluding hydrogens is 354 g/mol. The van der Waals surface area contributed by atoms with Crippen LogP contribution in [0.15, 0.2) is 60.8 Å². The molecule has 2 aromatic carbocycles. The third kappa shape index (κ3) is 2.66. The van der Waals surface area contributed by atoms with E-state index in [4.69, 9.17) is 9.97 Å². The standard InChI is InChI=1S/C20H17N7O/c1-25-11-12-26(19-18(25)22-15-9-5-6-10-16(15)23-19)20(28)17-13-21-27(24-17)14-7-3-2-4-8-14/h2-10,13H,11-12H2,1H3. The molecule has 28 heavy (non-hydrogen) atoms. The molecule has 8 nitrogen and oxygen atoms in total. The summed E-state index contributed by atoms with van der Waals surface area (Å²) in [6.07, 6.45) is 1.49. The van der Waals surface area contributed by atoms with Crippen molar-refractivity contribution in [3.05, 3.63) is 66.5 Å². The Bertz CT molecular complexity index is 1170. The monoisotopic (exact) mass is 371 g/mol. The molecule has 0 saturated heterocycles. The van der Waals surface area contributed by atoms with Crippen molar-refractivity contribution in [3.8, 4) is 5.69 Å². The van der Waals surface area contributed by atoms with Crippen LogP contribution in [0.25, 0.3) is 16.7 Å². The number of anilines is 2. The molecule has 0 fully saturated rings. The number of para-hydroxylation sites is 3. The molecule has 8 heteroatoms. The molecule has 1 aliphatic heterocycles.